The lowest BCUT2D eigenvalue weighted by Gasteiger charge is -2.24. The topological polar surface area (TPSA) is 61.8 Å². The van der Waals surface area contributed by atoms with Crippen LogP contribution >= 0.6 is 0 Å². The molecule has 2 fully saturated rings. The molecule has 2 aromatic heterocycles. The second-order valence-electron chi connectivity index (χ2n) is 8.34. The fraction of sp³-hybridized carbons (Fsp3) is 0.750. The molecule has 0 N–H and O–H groups in total. The van der Waals surface area contributed by atoms with Gasteiger partial charge in [-0.2, -0.15) is 0 Å². The highest BCUT2D eigenvalue weighted by Crippen LogP contribution is 2.26. The summed E-state index contributed by atoms with van der Waals surface area (Å²) in [5.74, 6) is 0.968. The van der Waals surface area contributed by atoms with E-state index in [9.17, 15) is 9.59 Å². The Balaban J connectivity index is 1.76. The highest BCUT2D eigenvalue weighted by Gasteiger charge is 2.23. The van der Waals surface area contributed by atoms with Crippen LogP contribution in [0, 0.1) is 11.8 Å². The first kappa shape index (κ1) is 17.6. The van der Waals surface area contributed by atoms with Crippen molar-refractivity contribution in [2.24, 2.45) is 18.9 Å². The maximum atomic E-state index is 13.2. The summed E-state index contributed by atoms with van der Waals surface area (Å²) in [6.45, 7) is 1.25. The van der Waals surface area contributed by atoms with Gasteiger partial charge in [0.05, 0.1) is 6.33 Å². The molecule has 0 aromatic carbocycles. The molecule has 0 amide bonds. The third kappa shape index (κ3) is 3.26. The molecule has 2 heterocycles. The lowest BCUT2D eigenvalue weighted by molar-refractivity contribution is 0.296. The fourth-order valence-electron chi connectivity index (χ4n) is 4.89. The van der Waals surface area contributed by atoms with Crippen molar-refractivity contribution in [2.45, 2.75) is 77.3 Å². The molecule has 142 valence electrons. The van der Waals surface area contributed by atoms with Crippen LogP contribution in [0.5, 0.6) is 0 Å². The van der Waals surface area contributed by atoms with Crippen LogP contribution in [0.4, 0.5) is 0 Å². The Morgan fingerprint density at radius 2 is 1.42 bits per heavy atom. The predicted octanol–water partition coefficient (Wildman–Crippen LogP) is 3.06. The SMILES string of the molecule is Cn1cnc2c1c(=O)n(CC1CCCCC1)c(=O)n2CC1CCCCC1. The molecule has 2 aromatic rings. The zero-order chi connectivity index (χ0) is 18.1. The van der Waals surface area contributed by atoms with E-state index in [1.165, 1.54) is 55.9 Å². The molecule has 2 aliphatic carbocycles. The molecular weight excluding hydrogens is 328 g/mol. The summed E-state index contributed by atoms with van der Waals surface area (Å²) in [7, 11) is 1.84. The van der Waals surface area contributed by atoms with Crippen molar-refractivity contribution < 1.29 is 0 Å². The molecule has 0 bridgehead atoms. The first-order valence-corrected chi connectivity index (χ1v) is 10.3. The van der Waals surface area contributed by atoms with Gasteiger partial charge in [-0.15, -0.1) is 0 Å². The minimum atomic E-state index is -0.171. The molecule has 0 atom stereocenters. The van der Waals surface area contributed by atoms with Crippen LogP contribution in [0.1, 0.15) is 64.2 Å². The summed E-state index contributed by atoms with van der Waals surface area (Å²) in [5, 5.41) is 0. The summed E-state index contributed by atoms with van der Waals surface area (Å²) in [4.78, 5) is 30.7. The standard InChI is InChI=1S/C20H30N4O2/c1-22-14-21-18-17(22)19(25)24(13-16-10-6-3-7-11-16)20(26)23(18)12-15-8-4-2-5-9-15/h14-16H,2-13H2,1H3. The largest absolute Gasteiger partial charge is 0.332 e. The summed E-state index contributed by atoms with van der Waals surface area (Å²) < 4.78 is 5.06. The zero-order valence-electron chi connectivity index (χ0n) is 15.8. The third-order valence-corrected chi connectivity index (χ3v) is 6.41. The maximum Gasteiger partial charge on any atom is 0.332 e. The van der Waals surface area contributed by atoms with Crippen LogP contribution in [0.3, 0.4) is 0 Å². The highest BCUT2D eigenvalue weighted by molar-refractivity contribution is 5.69. The zero-order valence-corrected chi connectivity index (χ0v) is 15.8. The van der Waals surface area contributed by atoms with Gasteiger partial charge in [-0.3, -0.25) is 13.9 Å². The number of hydrogen-bond donors (Lipinski definition) is 0. The molecule has 6 heteroatoms. The van der Waals surface area contributed by atoms with E-state index in [2.05, 4.69) is 4.98 Å². The van der Waals surface area contributed by atoms with Gasteiger partial charge in [0.25, 0.3) is 5.56 Å². The van der Waals surface area contributed by atoms with E-state index in [1.54, 1.807) is 15.5 Å². The second-order valence-corrected chi connectivity index (χ2v) is 8.34. The van der Waals surface area contributed by atoms with E-state index in [1.807, 2.05) is 7.05 Å². The second kappa shape index (κ2) is 7.41. The van der Waals surface area contributed by atoms with Crippen molar-refractivity contribution in [3.63, 3.8) is 0 Å². The van der Waals surface area contributed by atoms with Gasteiger partial charge in [0.2, 0.25) is 0 Å². The van der Waals surface area contributed by atoms with Gasteiger partial charge in [-0.05, 0) is 37.5 Å². The van der Waals surface area contributed by atoms with Crippen molar-refractivity contribution >= 4 is 11.2 Å². The maximum absolute atomic E-state index is 13.2. The van der Waals surface area contributed by atoms with Crippen LogP contribution in [-0.2, 0) is 20.1 Å². The van der Waals surface area contributed by atoms with Crippen molar-refractivity contribution in [1.29, 1.82) is 0 Å². The van der Waals surface area contributed by atoms with Crippen molar-refractivity contribution in [3.05, 3.63) is 27.2 Å². The first-order chi connectivity index (χ1) is 12.6. The summed E-state index contributed by atoms with van der Waals surface area (Å²) in [6, 6.07) is 0. The van der Waals surface area contributed by atoms with Crippen molar-refractivity contribution in [1.82, 2.24) is 18.7 Å². The molecule has 0 aliphatic heterocycles. The quantitative estimate of drug-likeness (QED) is 0.844. The summed E-state index contributed by atoms with van der Waals surface area (Å²) >= 11 is 0. The van der Waals surface area contributed by atoms with Gasteiger partial charge in [-0.1, -0.05) is 38.5 Å². The average Bonchev–Trinajstić information content (AvgIpc) is 3.05. The number of rotatable bonds is 4. The monoisotopic (exact) mass is 358 g/mol. The molecule has 0 saturated heterocycles. The van der Waals surface area contributed by atoms with Crippen LogP contribution in [0.2, 0.25) is 0 Å². The van der Waals surface area contributed by atoms with E-state index in [-0.39, 0.29) is 11.2 Å². The van der Waals surface area contributed by atoms with Gasteiger partial charge in [0.1, 0.15) is 0 Å². The van der Waals surface area contributed by atoms with E-state index < -0.39 is 0 Å². The van der Waals surface area contributed by atoms with Crippen LogP contribution in [-0.4, -0.2) is 18.7 Å². The Morgan fingerprint density at radius 3 is 2.00 bits per heavy atom. The Labute approximate surface area is 153 Å². The smallest absolute Gasteiger partial charge is 0.328 e. The molecule has 26 heavy (non-hydrogen) atoms. The van der Waals surface area contributed by atoms with Gasteiger partial charge >= 0.3 is 5.69 Å². The number of aryl methyl sites for hydroxylation is 1. The minimum Gasteiger partial charge on any atom is -0.328 e. The average molecular weight is 358 g/mol. The molecule has 0 unspecified atom stereocenters. The van der Waals surface area contributed by atoms with E-state index >= 15 is 0 Å². The van der Waals surface area contributed by atoms with E-state index in [0.717, 1.165) is 12.8 Å². The summed E-state index contributed by atoms with van der Waals surface area (Å²) in [6.07, 6.45) is 13.7. The van der Waals surface area contributed by atoms with Crippen LogP contribution in [0.15, 0.2) is 15.9 Å². The van der Waals surface area contributed by atoms with Gasteiger partial charge < -0.3 is 4.57 Å². The van der Waals surface area contributed by atoms with Crippen LogP contribution < -0.4 is 11.2 Å². The molecule has 0 radical (unpaired) electrons. The number of imidazole rings is 1. The van der Waals surface area contributed by atoms with Gasteiger partial charge in [-0.25, -0.2) is 9.78 Å². The summed E-state index contributed by atoms with van der Waals surface area (Å²) in [5.41, 5.74) is 0.803. The van der Waals surface area contributed by atoms with Gasteiger partial charge in [0, 0.05) is 20.1 Å². The van der Waals surface area contributed by atoms with E-state index in [4.69, 9.17) is 0 Å². The van der Waals surface area contributed by atoms with Gasteiger partial charge in [0.15, 0.2) is 11.2 Å². The van der Waals surface area contributed by atoms with Crippen LogP contribution in [0.25, 0.3) is 11.2 Å². The molecular formula is C20H30N4O2. The Kier molecular flexibility index (Phi) is 5.00. The number of nitrogens with zero attached hydrogens (tertiary/aromatic N) is 4. The number of aromatic nitrogens is 4. The number of hydrogen-bond acceptors (Lipinski definition) is 3. The lowest BCUT2D eigenvalue weighted by atomic mass is 9.89. The molecule has 6 nitrogen and oxygen atoms in total. The lowest BCUT2D eigenvalue weighted by Crippen LogP contribution is -2.43. The first-order valence-electron chi connectivity index (χ1n) is 10.3. The molecule has 2 saturated carbocycles. The minimum absolute atomic E-state index is 0.155. The third-order valence-electron chi connectivity index (χ3n) is 6.41. The molecule has 2 aliphatic rings. The Bertz CT molecular complexity index is 880. The van der Waals surface area contributed by atoms with Crippen molar-refractivity contribution in [2.75, 3.05) is 0 Å². The normalized spacial score (nSPS) is 20.0. The Morgan fingerprint density at radius 1 is 0.885 bits per heavy atom. The predicted molar refractivity (Wildman–Crippen MR) is 102 cm³/mol. The van der Waals surface area contributed by atoms with E-state index in [0.29, 0.717) is 36.1 Å². The number of fused-ring (bicyclic) bond motifs is 1. The Hall–Kier alpha value is -1.85. The molecule has 0 spiro atoms. The highest BCUT2D eigenvalue weighted by atomic mass is 16.2. The fourth-order valence-corrected chi connectivity index (χ4v) is 4.89. The van der Waals surface area contributed by atoms with Crippen molar-refractivity contribution in [3.8, 4) is 0 Å². The molecule has 4 rings (SSSR count).